The van der Waals surface area contributed by atoms with Crippen molar-refractivity contribution in [2.75, 3.05) is 24.4 Å². The summed E-state index contributed by atoms with van der Waals surface area (Å²) in [7, 11) is 3.60. The Balaban J connectivity index is 1.93. The van der Waals surface area contributed by atoms with Gasteiger partial charge in [-0.3, -0.25) is 4.79 Å². The normalized spacial score (nSPS) is 15.0. The zero-order valence-corrected chi connectivity index (χ0v) is 18.5. The van der Waals surface area contributed by atoms with Gasteiger partial charge in [0, 0.05) is 29.0 Å². The summed E-state index contributed by atoms with van der Waals surface area (Å²) in [5.74, 6) is 0.184. The molecule has 0 aromatic heterocycles. The molecule has 2 aromatic carbocycles. The molecule has 154 valence electrons. The molecule has 1 heterocycles. The van der Waals surface area contributed by atoms with Gasteiger partial charge >= 0.3 is 0 Å². The van der Waals surface area contributed by atoms with Gasteiger partial charge in [0.2, 0.25) is 0 Å². The predicted octanol–water partition coefficient (Wildman–Crippen LogP) is 5.53. The molecular formula is C24H24ClN3O2. The lowest BCUT2D eigenvalue weighted by Gasteiger charge is -2.40. The third-order valence-corrected chi connectivity index (χ3v) is 5.68. The molecule has 0 spiro atoms. The van der Waals surface area contributed by atoms with E-state index in [1.54, 1.807) is 31.4 Å². The highest BCUT2D eigenvalue weighted by molar-refractivity contribution is 6.32. The van der Waals surface area contributed by atoms with Crippen LogP contribution in [-0.2, 0) is 4.79 Å². The number of rotatable bonds is 4. The van der Waals surface area contributed by atoms with Crippen molar-refractivity contribution >= 4 is 40.5 Å². The first-order valence-corrected chi connectivity index (χ1v) is 9.88. The number of hydrogen-bond donors (Lipinski definition) is 1. The molecule has 5 nitrogen and oxygen atoms in total. The number of likely N-dealkylation sites (N-methyl/N-ethyl adjacent to an activating group) is 1. The molecule has 2 aromatic rings. The van der Waals surface area contributed by atoms with Crippen LogP contribution < -0.4 is 15.0 Å². The molecule has 1 amide bonds. The SMILES string of the molecule is COc1ccc(NC(=O)/C(C#N)=C/c2cc3c(cc2Cl)N(C)C(C)(C)C=C3C)cc1. The summed E-state index contributed by atoms with van der Waals surface area (Å²) in [4.78, 5) is 14.8. The van der Waals surface area contributed by atoms with Crippen molar-refractivity contribution in [3.63, 3.8) is 0 Å². The molecule has 0 atom stereocenters. The maximum absolute atomic E-state index is 12.6. The highest BCUT2D eigenvalue weighted by Gasteiger charge is 2.29. The third-order valence-electron chi connectivity index (χ3n) is 5.35. The Kier molecular flexibility index (Phi) is 5.91. The summed E-state index contributed by atoms with van der Waals surface area (Å²) in [6.07, 6.45) is 3.72. The van der Waals surface area contributed by atoms with Crippen molar-refractivity contribution in [2.45, 2.75) is 26.3 Å². The van der Waals surface area contributed by atoms with Crippen LogP contribution in [0.3, 0.4) is 0 Å². The van der Waals surface area contributed by atoms with Crippen molar-refractivity contribution in [1.82, 2.24) is 0 Å². The Labute approximate surface area is 182 Å². The number of hydrogen-bond acceptors (Lipinski definition) is 4. The van der Waals surface area contributed by atoms with Gasteiger partial charge in [0.15, 0.2) is 0 Å². The minimum Gasteiger partial charge on any atom is -0.497 e. The molecule has 0 bridgehead atoms. The van der Waals surface area contributed by atoms with Crippen molar-refractivity contribution in [3.05, 3.63) is 64.2 Å². The van der Waals surface area contributed by atoms with Crippen molar-refractivity contribution in [2.24, 2.45) is 0 Å². The topological polar surface area (TPSA) is 65.4 Å². The van der Waals surface area contributed by atoms with Crippen molar-refractivity contribution < 1.29 is 9.53 Å². The molecule has 0 saturated carbocycles. The zero-order chi connectivity index (χ0) is 22.1. The Morgan fingerprint density at radius 3 is 2.53 bits per heavy atom. The van der Waals surface area contributed by atoms with Gasteiger partial charge in [0.25, 0.3) is 5.91 Å². The quantitative estimate of drug-likeness (QED) is 0.521. The number of halogens is 1. The monoisotopic (exact) mass is 421 g/mol. The lowest BCUT2D eigenvalue weighted by molar-refractivity contribution is -0.112. The number of benzene rings is 2. The van der Waals surface area contributed by atoms with Crippen molar-refractivity contribution in [1.29, 1.82) is 5.26 Å². The maximum atomic E-state index is 12.6. The van der Waals surface area contributed by atoms with Gasteiger partial charge in [-0.1, -0.05) is 17.7 Å². The summed E-state index contributed by atoms with van der Waals surface area (Å²) >= 11 is 6.52. The third kappa shape index (κ3) is 4.19. The second-order valence-corrected chi connectivity index (χ2v) is 8.19. The fourth-order valence-electron chi connectivity index (χ4n) is 3.48. The van der Waals surface area contributed by atoms with E-state index < -0.39 is 5.91 Å². The van der Waals surface area contributed by atoms with Crippen molar-refractivity contribution in [3.8, 4) is 11.8 Å². The largest absolute Gasteiger partial charge is 0.497 e. The molecule has 0 radical (unpaired) electrons. The summed E-state index contributed by atoms with van der Waals surface area (Å²) < 4.78 is 5.11. The van der Waals surface area contributed by atoms with Crippen LogP contribution in [0, 0.1) is 11.3 Å². The summed E-state index contributed by atoms with van der Waals surface area (Å²) in [6.45, 7) is 6.33. The number of carbonyl (C=O) groups is 1. The maximum Gasteiger partial charge on any atom is 0.266 e. The van der Waals surface area contributed by atoms with E-state index in [-0.39, 0.29) is 11.1 Å². The van der Waals surface area contributed by atoms with Crippen LogP contribution in [0.15, 0.2) is 48.0 Å². The Bertz CT molecular complexity index is 1090. The number of fused-ring (bicyclic) bond motifs is 1. The molecule has 30 heavy (non-hydrogen) atoms. The van der Waals surface area contributed by atoms with E-state index in [1.165, 1.54) is 6.08 Å². The van der Waals surface area contributed by atoms with Gasteiger partial charge in [-0.05, 0) is 74.4 Å². The number of nitriles is 1. The Morgan fingerprint density at radius 1 is 1.27 bits per heavy atom. The first kappa shape index (κ1) is 21.5. The molecule has 1 N–H and O–H groups in total. The zero-order valence-electron chi connectivity index (χ0n) is 17.7. The second kappa shape index (κ2) is 8.25. The molecule has 0 fully saturated rings. The Morgan fingerprint density at radius 2 is 1.93 bits per heavy atom. The van der Waals surface area contributed by atoms with Gasteiger partial charge in [-0.2, -0.15) is 5.26 Å². The number of anilines is 2. The minimum absolute atomic E-state index is 0.0289. The van der Waals surface area contributed by atoms with E-state index in [4.69, 9.17) is 16.3 Å². The van der Waals surface area contributed by atoms with Gasteiger partial charge in [0.05, 0.1) is 12.6 Å². The van der Waals surface area contributed by atoms with E-state index in [1.807, 2.05) is 25.2 Å². The highest BCUT2D eigenvalue weighted by Crippen LogP contribution is 2.40. The van der Waals surface area contributed by atoms with Gasteiger partial charge in [0.1, 0.15) is 17.4 Å². The molecule has 0 saturated heterocycles. The average Bonchev–Trinajstić information content (AvgIpc) is 2.71. The standard InChI is InChI=1S/C24H24ClN3O2/c1-15-13-24(2,3)28(4)22-12-21(25)16(11-20(15)22)10-17(14-26)23(29)27-18-6-8-19(30-5)9-7-18/h6-13H,1-5H3,(H,27,29)/b17-10+. The number of nitrogens with one attached hydrogen (secondary N) is 1. The predicted molar refractivity (Wildman–Crippen MR) is 123 cm³/mol. The van der Waals surface area contributed by atoms with Gasteiger partial charge < -0.3 is 15.0 Å². The number of amides is 1. The molecule has 6 heteroatoms. The van der Waals surface area contributed by atoms with E-state index in [0.717, 1.165) is 16.8 Å². The average molecular weight is 422 g/mol. The first-order chi connectivity index (χ1) is 14.2. The number of methoxy groups -OCH3 is 1. The number of carbonyl (C=O) groups excluding carboxylic acids is 1. The lowest BCUT2D eigenvalue weighted by atomic mass is 9.88. The molecule has 0 unspecified atom stereocenters. The van der Waals surface area contributed by atoms with Crippen LogP contribution in [0.5, 0.6) is 5.75 Å². The fraction of sp³-hybridized carbons (Fsp3) is 0.250. The first-order valence-electron chi connectivity index (χ1n) is 9.50. The van der Waals surface area contributed by atoms with E-state index >= 15 is 0 Å². The lowest BCUT2D eigenvalue weighted by Crippen LogP contribution is -2.42. The number of allylic oxidation sites excluding steroid dienone is 1. The molecule has 1 aliphatic rings. The van der Waals surface area contributed by atoms with Crippen LogP contribution in [-0.4, -0.2) is 25.6 Å². The van der Waals surface area contributed by atoms with Gasteiger partial charge in [-0.15, -0.1) is 0 Å². The minimum atomic E-state index is -0.498. The molecule has 3 rings (SSSR count). The molecule has 1 aliphatic heterocycles. The second-order valence-electron chi connectivity index (χ2n) is 7.78. The molecule has 0 aliphatic carbocycles. The van der Waals surface area contributed by atoms with E-state index in [2.05, 4.69) is 37.1 Å². The van der Waals surface area contributed by atoms with E-state index in [0.29, 0.717) is 22.0 Å². The summed E-state index contributed by atoms with van der Waals surface area (Å²) in [6, 6.07) is 12.7. The van der Waals surface area contributed by atoms with Crippen LogP contribution in [0.2, 0.25) is 5.02 Å². The van der Waals surface area contributed by atoms with Gasteiger partial charge in [-0.25, -0.2) is 0 Å². The number of ether oxygens (including phenoxy) is 1. The Hall–Kier alpha value is -3.23. The summed E-state index contributed by atoms with van der Waals surface area (Å²) in [5, 5.41) is 12.8. The van der Waals surface area contributed by atoms with E-state index in [9.17, 15) is 10.1 Å². The van der Waals surface area contributed by atoms with Crippen LogP contribution >= 0.6 is 11.6 Å². The number of nitrogens with zero attached hydrogens (tertiary/aromatic N) is 2. The smallest absolute Gasteiger partial charge is 0.266 e. The fourth-order valence-corrected chi connectivity index (χ4v) is 3.69. The van der Waals surface area contributed by atoms with Crippen LogP contribution in [0.1, 0.15) is 31.9 Å². The van der Waals surface area contributed by atoms with Crippen LogP contribution in [0.4, 0.5) is 11.4 Å². The summed E-state index contributed by atoms with van der Waals surface area (Å²) in [5.41, 5.74) is 4.20. The molecular weight excluding hydrogens is 398 g/mol. The highest BCUT2D eigenvalue weighted by atomic mass is 35.5. The van der Waals surface area contributed by atoms with Crippen LogP contribution in [0.25, 0.3) is 11.6 Å².